The van der Waals surface area contributed by atoms with Crippen LogP contribution in [0.25, 0.3) is 0 Å². The number of Topliss-reactive ketones (excluding diaryl/α,β-unsaturated/α-hetero) is 1. The van der Waals surface area contributed by atoms with Crippen molar-refractivity contribution >= 4 is 11.8 Å². The number of hydrogen-bond donors (Lipinski definition) is 1. The minimum absolute atomic E-state index is 0.0260. The Bertz CT molecular complexity index is 658. The highest BCUT2D eigenvalue weighted by molar-refractivity contribution is 5.99. The normalized spacial score (nSPS) is 17.5. The molecule has 1 N–H and O–H groups in total. The van der Waals surface area contributed by atoms with E-state index in [0.29, 0.717) is 32.4 Å². The van der Waals surface area contributed by atoms with E-state index in [1.54, 1.807) is 0 Å². The lowest BCUT2D eigenvalue weighted by Crippen LogP contribution is -2.43. The second-order valence-corrected chi connectivity index (χ2v) is 6.41. The molecule has 25 heavy (non-hydrogen) atoms. The molecule has 1 heterocycles. The van der Waals surface area contributed by atoms with Gasteiger partial charge in [0.2, 0.25) is 0 Å². The number of rotatable bonds is 6. The maximum absolute atomic E-state index is 12.5. The Morgan fingerprint density at radius 2 is 1.56 bits per heavy atom. The van der Waals surface area contributed by atoms with Gasteiger partial charge in [-0.3, -0.25) is 9.59 Å². The summed E-state index contributed by atoms with van der Waals surface area (Å²) < 4.78 is 5.77. The number of carbonyl (C=O) groups excluding carboxylic acids is 2. The van der Waals surface area contributed by atoms with Crippen LogP contribution in [0.2, 0.25) is 0 Å². The van der Waals surface area contributed by atoms with Gasteiger partial charge >= 0.3 is 5.97 Å². The van der Waals surface area contributed by atoms with Crippen molar-refractivity contribution in [3.63, 3.8) is 0 Å². The lowest BCUT2D eigenvalue weighted by atomic mass is 9.97. The molecule has 0 bridgehead atoms. The Hall–Kier alpha value is -2.46. The van der Waals surface area contributed by atoms with Crippen molar-refractivity contribution in [2.24, 2.45) is 5.92 Å². The van der Waals surface area contributed by atoms with Crippen LogP contribution in [0.4, 0.5) is 0 Å². The molecule has 1 aliphatic heterocycles. The summed E-state index contributed by atoms with van der Waals surface area (Å²) in [6.45, 7) is 1.02. The monoisotopic (exact) mass is 337 g/mol. The number of benzene rings is 2. The van der Waals surface area contributed by atoms with E-state index in [-0.39, 0.29) is 11.9 Å². The number of nitrogens with one attached hydrogen (secondary N) is 1. The number of hydrogen-bond acceptors (Lipinski definition) is 4. The molecule has 1 unspecified atom stereocenters. The largest absolute Gasteiger partial charge is 0.461 e. The molecule has 1 aliphatic rings. The molecule has 130 valence electrons. The second-order valence-electron chi connectivity index (χ2n) is 6.41. The summed E-state index contributed by atoms with van der Waals surface area (Å²) in [5.41, 5.74) is 2.23. The Morgan fingerprint density at radius 1 is 1.00 bits per heavy atom. The number of ether oxygens (including phenoxy) is 1. The summed E-state index contributed by atoms with van der Waals surface area (Å²) in [7, 11) is 0. The average molecular weight is 337 g/mol. The van der Waals surface area contributed by atoms with Gasteiger partial charge in [0.1, 0.15) is 17.8 Å². The number of esters is 1. The molecule has 1 atom stereocenters. The van der Waals surface area contributed by atoms with Crippen LogP contribution < -0.4 is 5.32 Å². The van der Waals surface area contributed by atoms with Crippen molar-refractivity contribution in [1.29, 1.82) is 0 Å². The fourth-order valence-electron chi connectivity index (χ4n) is 3.12. The summed E-state index contributed by atoms with van der Waals surface area (Å²) in [5.74, 6) is -1.11. The third kappa shape index (κ3) is 5.00. The number of carbonyl (C=O) groups is 2. The lowest BCUT2D eigenvalue weighted by Gasteiger charge is -2.24. The van der Waals surface area contributed by atoms with Crippen molar-refractivity contribution in [3.05, 3.63) is 71.8 Å². The highest BCUT2D eigenvalue weighted by Crippen LogP contribution is 2.16. The first kappa shape index (κ1) is 17.4. The minimum Gasteiger partial charge on any atom is -0.461 e. The first-order chi connectivity index (χ1) is 12.2. The third-order valence-corrected chi connectivity index (χ3v) is 4.47. The molecule has 4 nitrogen and oxygen atoms in total. The molecule has 2 aromatic carbocycles. The van der Waals surface area contributed by atoms with Gasteiger partial charge in [0.05, 0.1) is 0 Å². The Balaban J connectivity index is 1.71. The van der Waals surface area contributed by atoms with Gasteiger partial charge in [0.25, 0.3) is 0 Å². The fraction of sp³-hybridized carbons (Fsp3) is 0.333. The van der Waals surface area contributed by atoms with Crippen LogP contribution >= 0.6 is 0 Å². The van der Waals surface area contributed by atoms with Gasteiger partial charge in [0.15, 0.2) is 0 Å². The molecule has 0 spiro atoms. The van der Waals surface area contributed by atoms with Crippen LogP contribution in [-0.2, 0) is 27.2 Å². The fourth-order valence-corrected chi connectivity index (χ4v) is 3.12. The zero-order chi connectivity index (χ0) is 17.5. The molecule has 3 rings (SSSR count). The van der Waals surface area contributed by atoms with Crippen LogP contribution in [0, 0.1) is 5.92 Å². The van der Waals surface area contributed by atoms with Crippen molar-refractivity contribution < 1.29 is 14.3 Å². The molecule has 1 fully saturated rings. The smallest absolute Gasteiger partial charge is 0.318 e. The van der Waals surface area contributed by atoms with E-state index in [1.807, 2.05) is 60.7 Å². The van der Waals surface area contributed by atoms with Gasteiger partial charge in [-0.1, -0.05) is 60.7 Å². The summed E-state index contributed by atoms with van der Waals surface area (Å²) in [6, 6.07) is 20.0. The van der Waals surface area contributed by atoms with Crippen molar-refractivity contribution in [2.45, 2.75) is 25.4 Å². The van der Waals surface area contributed by atoms with E-state index in [0.717, 1.165) is 11.1 Å². The predicted octanol–water partition coefficient (Wildman–Crippen LogP) is 2.56. The highest BCUT2D eigenvalue weighted by atomic mass is 16.5. The third-order valence-electron chi connectivity index (χ3n) is 4.47. The first-order valence-corrected chi connectivity index (χ1v) is 8.74. The van der Waals surface area contributed by atoms with Gasteiger partial charge in [0, 0.05) is 32.4 Å². The van der Waals surface area contributed by atoms with Crippen LogP contribution in [0.1, 0.15) is 17.5 Å². The molecule has 0 saturated carbocycles. The van der Waals surface area contributed by atoms with Crippen molar-refractivity contribution in [3.8, 4) is 0 Å². The van der Waals surface area contributed by atoms with E-state index in [1.165, 1.54) is 0 Å². The zero-order valence-electron chi connectivity index (χ0n) is 14.2. The molecular formula is C21H23NO3. The summed E-state index contributed by atoms with van der Waals surface area (Å²) in [6.07, 6.45) is 1.37. The number of ketones is 1. The molecular weight excluding hydrogens is 314 g/mol. The summed E-state index contributed by atoms with van der Waals surface area (Å²) in [4.78, 5) is 24.5. The molecule has 0 aromatic heterocycles. The van der Waals surface area contributed by atoms with E-state index >= 15 is 0 Å². The standard InChI is InChI=1S/C21H23NO3/c23-20-11-12-22-15-19(20)21(24)25-18(13-16-7-3-1-4-8-16)14-17-9-5-2-6-10-17/h1-10,18-19,22H,11-15H2. The molecule has 1 saturated heterocycles. The van der Waals surface area contributed by atoms with Crippen molar-refractivity contribution in [1.82, 2.24) is 5.32 Å². The molecule has 0 aliphatic carbocycles. The van der Waals surface area contributed by atoms with Crippen LogP contribution in [0.5, 0.6) is 0 Å². The topological polar surface area (TPSA) is 55.4 Å². The highest BCUT2D eigenvalue weighted by Gasteiger charge is 2.31. The van der Waals surface area contributed by atoms with E-state index < -0.39 is 11.9 Å². The average Bonchev–Trinajstić information content (AvgIpc) is 2.63. The quantitative estimate of drug-likeness (QED) is 0.650. The number of piperidine rings is 1. The molecule has 0 amide bonds. The summed E-state index contributed by atoms with van der Waals surface area (Å²) >= 11 is 0. The summed E-state index contributed by atoms with van der Waals surface area (Å²) in [5, 5.41) is 3.10. The van der Waals surface area contributed by atoms with Crippen LogP contribution in [0.3, 0.4) is 0 Å². The van der Waals surface area contributed by atoms with E-state index in [4.69, 9.17) is 4.74 Å². The van der Waals surface area contributed by atoms with E-state index in [9.17, 15) is 9.59 Å². The van der Waals surface area contributed by atoms with Gasteiger partial charge in [-0.25, -0.2) is 0 Å². The second kappa shape index (κ2) is 8.58. The van der Waals surface area contributed by atoms with E-state index in [2.05, 4.69) is 5.32 Å². The Morgan fingerprint density at radius 3 is 2.08 bits per heavy atom. The van der Waals surface area contributed by atoms with Crippen molar-refractivity contribution in [2.75, 3.05) is 13.1 Å². The van der Waals surface area contributed by atoms with Crippen LogP contribution in [-0.4, -0.2) is 30.9 Å². The molecule has 0 radical (unpaired) electrons. The first-order valence-electron chi connectivity index (χ1n) is 8.74. The maximum Gasteiger partial charge on any atom is 0.318 e. The van der Waals surface area contributed by atoms with Gasteiger partial charge in [-0.05, 0) is 11.1 Å². The zero-order valence-corrected chi connectivity index (χ0v) is 14.2. The Labute approximate surface area is 148 Å². The lowest BCUT2D eigenvalue weighted by molar-refractivity contribution is -0.157. The molecule has 2 aromatic rings. The van der Waals surface area contributed by atoms with Gasteiger partial charge < -0.3 is 10.1 Å². The maximum atomic E-state index is 12.5. The van der Waals surface area contributed by atoms with Gasteiger partial charge in [-0.15, -0.1) is 0 Å². The SMILES string of the molecule is O=C1CCNCC1C(=O)OC(Cc1ccccc1)Cc1ccccc1. The predicted molar refractivity (Wildman–Crippen MR) is 96.2 cm³/mol. The Kier molecular flexibility index (Phi) is 5.96. The van der Waals surface area contributed by atoms with Gasteiger partial charge in [-0.2, -0.15) is 0 Å². The van der Waals surface area contributed by atoms with Crippen LogP contribution in [0.15, 0.2) is 60.7 Å². The minimum atomic E-state index is -0.678. The molecule has 4 heteroatoms.